The first-order chi connectivity index (χ1) is 17.5. The van der Waals surface area contributed by atoms with Gasteiger partial charge in [0.05, 0.1) is 17.6 Å². The van der Waals surface area contributed by atoms with Gasteiger partial charge in [0.1, 0.15) is 17.3 Å². The molecule has 0 aliphatic carbocycles. The maximum Gasteiger partial charge on any atom is 0.276 e. The number of amides is 2. The molecule has 0 atom stereocenters. The highest BCUT2D eigenvalue weighted by Gasteiger charge is 2.43. The monoisotopic (exact) mass is 489 g/mol. The minimum absolute atomic E-state index is 0.0358. The van der Waals surface area contributed by atoms with E-state index in [0.717, 1.165) is 29.0 Å². The Morgan fingerprint density at radius 3 is 2.53 bits per heavy atom. The molecule has 2 aromatic carbocycles. The molecular formula is C28H31N3O5. The Morgan fingerprint density at radius 1 is 1.11 bits per heavy atom. The second-order valence-electron chi connectivity index (χ2n) is 9.65. The molecule has 2 aliphatic rings. The Labute approximate surface area is 210 Å². The van der Waals surface area contributed by atoms with Crippen LogP contribution in [0.15, 0.2) is 53.1 Å². The number of aromatic nitrogens is 1. The number of hydrogen-bond acceptors (Lipinski definition) is 6. The third kappa shape index (κ3) is 4.86. The molecule has 2 amide bonds. The quantitative estimate of drug-likeness (QED) is 0.596. The zero-order chi connectivity index (χ0) is 25.1. The molecule has 188 valence electrons. The lowest BCUT2D eigenvalue weighted by atomic mass is 9.72. The molecule has 1 N–H and O–H groups in total. The number of ether oxygens (including phenoxy) is 2. The van der Waals surface area contributed by atoms with Crippen molar-refractivity contribution in [3.63, 3.8) is 0 Å². The van der Waals surface area contributed by atoms with Crippen LogP contribution in [0.3, 0.4) is 0 Å². The third-order valence-electron chi connectivity index (χ3n) is 7.24. The van der Waals surface area contributed by atoms with E-state index in [2.05, 4.69) is 10.5 Å². The van der Waals surface area contributed by atoms with E-state index >= 15 is 0 Å². The number of fused-ring (bicyclic) bond motifs is 4. The van der Waals surface area contributed by atoms with E-state index in [1.165, 1.54) is 0 Å². The van der Waals surface area contributed by atoms with Gasteiger partial charge in [-0.15, -0.1) is 0 Å². The standard InChI is InChI=1S/C28H31N3O5/c1-19-24(18-34-2)25(30-36-19)26(32)31-13-10-28(11-14-31)17-21-6-4-8-23(16-21)35-22-7-3-5-20(15-22)9-12-29-27(28)33/h3-8,15-16H,9-14,17-18H2,1-2H3,(H,29,33). The summed E-state index contributed by atoms with van der Waals surface area (Å²) in [6.45, 7) is 3.50. The number of nitrogens with zero attached hydrogens (tertiary/aromatic N) is 2. The summed E-state index contributed by atoms with van der Waals surface area (Å²) < 4.78 is 16.6. The Bertz CT molecular complexity index is 1260. The molecule has 1 fully saturated rings. The topological polar surface area (TPSA) is 93.9 Å². The first-order valence-electron chi connectivity index (χ1n) is 12.3. The second kappa shape index (κ2) is 10.1. The molecule has 1 saturated heterocycles. The van der Waals surface area contributed by atoms with Crippen molar-refractivity contribution in [3.05, 3.63) is 76.7 Å². The molecule has 3 aromatic rings. The van der Waals surface area contributed by atoms with Gasteiger partial charge in [-0.05, 0) is 68.0 Å². The molecule has 3 heterocycles. The smallest absolute Gasteiger partial charge is 0.276 e. The summed E-state index contributed by atoms with van der Waals surface area (Å²) in [7, 11) is 1.58. The molecule has 4 bridgehead atoms. The molecule has 0 unspecified atom stereocenters. The van der Waals surface area contributed by atoms with E-state index in [-0.39, 0.29) is 24.1 Å². The maximum absolute atomic E-state index is 13.6. The maximum atomic E-state index is 13.6. The number of hydrogen-bond donors (Lipinski definition) is 1. The summed E-state index contributed by atoms with van der Waals surface area (Å²) in [5.74, 6) is 1.96. The summed E-state index contributed by atoms with van der Waals surface area (Å²) in [6, 6.07) is 15.9. The summed E-state index contributed by atoms with van der Waals surface area (Å²) in [4.78, 5) is 28.6. The summed E-state index contributed by atoms with van der Waals surface area (Å²) in [6.07, 6.45) is 2.41. The Hall–Kier alpha value is -3.65. The van der Waals surface area contributed by atoms with Crippen LogP contribution in [0.1, 0.15) is 45.8 Å². The number of methoxy groups -OCH3 is 1. The van der Waals surface area contributed by atoms with Crippen molar-refractivity contribution in [2.24, 2.45) is 5.41 Å². The Kier molecular flexibility index (Phi) is 6.78. The van der Waals surface area contributed by atoms with E-state index < -0.39 is 5.41 Å². The van der Waals surface area contributed by atoms with E-state index in [4.69, 9.17) is 14.0 Å². The number of carbonyl (C=O) groups is 2. The van der Waals surface area contributed by atoms with Crippen LogP contribution >= 0.6 is 0 Å². The predicted molar refractivity (Wildman–Crippen MR) is 133 cm³/mol. The average Bonchev–Trinajstić information content (AvgIpc) is 3.24. The summed E-state index contributed by atoms with van der Waals surface area (Å²) in [5, 5.41) is 7.17. The van der Waals surface area contributed by atoms with Crippen LogP contribution in [0.25, 0.3) is 0 Å². The number of carbonyl (C=O) groups excluding carboxylic acids is 2. The highest BCUT2D eigenvalue weighted by molar-refractivity contribution is 5.94. The molecule has 2 aliphatic heterocycles. The summed E-state index contributed by atoms with van der Waals surface area (Å²) >= 11 is 0. The molecule has 8 nitrogen and oxygen atoms in total. The number of piperidine rings is 1. The number of likely N-dealkylation sites (tertiary alicyclic amines) is 1. The predicted octanol–water partition coefficient (Wildman–Crippen LogP) is 4.06. The van der Waals surface area contributed by atoms with E-state index in [0.29, 0.717) is 50.2 Å². The van der Waals surface area contributed by atoms with Crippen LogP contribution in [0.2, 0.25) is 0 Å². The lowest BCUT2D eigenvalue weighted by Crippen LogP contribution is -2.51. The van der Waals surface area contributed by atoms with Crippen LogP contribution < -0.4 is 10.1 Å². The molecule has 36 heavy (non-hydrogen) atoms. The van der Waals surface area contributed by atoms with Crippen LogP contribution in [0, 0.1) is 12.3 Å². The van der Waals surface area contributed by atoms with Crippen LogP contribution in [0.4, 0.5) is 0 Å². The van der Waals surface area contributed by atoms with E-state index in [1.54, 1.807) is 18.9 Å². The van der Waals surface area contributed by atoms with Crippen molar-refractivity contribution < 1.29 is 23.6 Å². The highest BCUT2D eigenvalue weighted by Crippen LogP contribution is 2.37. The van der Waals surface area contributed by atoms with Crippen molar-refractivity contribution in [1.82, 2.24) is 15.4 Å². The van der Waals surface area contributed by atoms with Crippen molar-refractivity contribution in [1.29, 1.82) is 0 Å². The minimum Gasteiger partial charge on any atom is -0.457 e. The zero-order valence-electron chi connectivity index (χ0n) is 20.7. The molecule has 0 radical (unpaired) electrons. The SMILES string of the molecule is COCc1c(C(=O)N2CCC3(CC2)Cc2cccc(c2)Oc2cccc(c2)CCNC3=O)noc1C. The molecule has 1 spiro atoms. The molecule has 1 aromatic heterocycles. The van der Waals surface area contributed by atoms with Gasteiger partial charge in [-0.2, -0.15) is 0 Å². The minimum atomic E-state index is -0.614. The van der Waals surface area contributed by atoms with Crippen LogP contribution in [-0.4, -0.2) is 48.6 Å². The van der Waals surface area contributed by atoms with Gasteiger partial charge in [0.15, 0.2) is 5.69 Å². The van der Waals surface area contributed by atoms with Crippen molar-refractivity contribution in [2.45, 2.75) is 39.2 Å². The Balaban J connectivity index is 1.38. The first-order valence-corrected chi connectivity index (χ1v) is 12.3. The molecule has 0 saturated carbocycles. The lowest BCUT2D eigenvalue weighted by molar-refractivity contribution is -0.133. The Morgan fingerprint density at radius 2 is 1.81 bits per heavy atom. The van der Waals surface area contributed by atoms with Crippen LogP contribution in [0.5, 0.6) is 11.5 Å². The van der Waals surface area contributed by atoms with E-state index in [9.17, 15) is 9.59 Å². The van der Waals surface area contributed by atoms with Gasteiger partial charge < -0.3 is 24.2 Å². The summed E-state index contributed by atoms with van der Waals surface area (Å²) in [5.41, 5.74) is 2.48. The van der Waals surface area contributed by atoms with Gasteiger partial charge in [0, 0.05) is 26.7 Å². The van der Waals surface area contributed by atoms with Crippen molar-refractivity contribution >= 4 is 11.8 Å². The lowest BCUT2D eigenvalue weighted by Gasteiger charge is -2.40. The number of aryl methyl sites for hydroxylation is 1. The van der Waals surface area contributed by atoms with Gasteiger partial charge in [-0.3, -0.25) is 9.59 Å². The van der Waals surface area contributed by atoms with Crippen molar-refractivity contribution in [2.75, 3.05) is 26.7 Å². The van der Waals surface area contributed by atoms with E-state index in [1.807, 2.05) is 48.5 Å². The molecule has 8 heteroatoms. The third-order valence-corrected chi connectivity index (χ3v) is 7.24. The van der Waals surface area contributed by atoms with Gasteiger partial charge in [-0.25, -0.2) is 0 Å². The van der Waals surface area contributed by atoms with Crippen LogP contribution in [-0.2, 0) is 29.0 Å². The van der Waals surface area contributed by atoms with Crippen molar-refractivity contribution in [3.8, 4) is 11.5 Å². The molecular weight excluding hydrogens is 458 g/mol. The fourth-order valence-electron chi connectivity index (χ4n) is 5.16. The zero-order valence-corrected chi connectivity index (χ0v) is 20.7. The number of rotatable bonds is 3. The number of nitrogens with one attached hydrogen (secondary N) is 1. The van der Waals surface area contributed by atoms with Gasteiger partial charge in [0.2, 0.25) is 5.91 Å². The molecule has 5 rings (SSSR count). The number of benzene rings is 2. The average molecular weight is 490 g/mol. The normalized spacial score (nSPS) is 17.4. The fourth-order valence-corrected chi connectivity index (χ4v) is 5.16. The highest BCUT2D eigenvalue weighted by atomic mass is 16.5. The largest absolute Gasteiger partial charge is 0.457 e. The first kappa shape index (κ1) is 24.1. The van der Waals surface area contributed by atoms with Gasteiger partial charge in [0.25, 0.3) is 5.91 Å². The van der Waals surface area contributed by atoms with Gasteiger partial charge in [-0.1, -0.05) is 29.4 Å². The second-order valence-corrected chi connectivity index (χ2v) is 9.65. The fraction of sp³-hybridized carbons (Fsp3) is 0.393. The van der Waals surface area contributed by atoms with Gasteiger partial charge >= 0.3 is 0 Å².